The van der Waals surface area contributed by atoms with E-state index in [-0.39, 0.29) is 13.4 Å². The second-order valence-electron chi connectivity index (χ2n) is 8.34. The summed E-state index contributed by atoms with van der Waals surface area (Å²) >= 11 is 0. The topological polar surface area (TPSA) is 85.3 Å². The third-order valence-corrected chi connectivity index (χ3v) is 6.36. The second-order valence-corrected chi connectivity index (χ2v) is 8.34. The molecule has 0 saturated carbocycles. The Morgan fingerprint density at radius 2 is 1.74 bits per heavy atom. The quantitative estimate of drug-likeness (QED) is 0.430. The summed E-state index contributed by atoms with van der Waals surface area (Å²) in [6.07, 6.45) is 2.85. The molecule has 3 atom stereocenters. The number of fused-ring (bicyclic) bond motifs is 1. The fourth-order valence-corrected chi connectivity index (χ4v) is 4.79. The number of nitrogens with zero attached hydrogens (tertiary/aromatic N) is 1. The van der Waals surface area contributed by atoms with Crippen molar-refractivity contribution in [1.82, 2.24) is 0 Å². The van der Waals surface area contributed by atoms with Crippen molar-refractivity contribution in [2.75, 3.05) is 18.3 Å². The molecule has 5 rings (SSSR count). The summed E-state index contributed by atoms with van der Waals surface area (Å²) in [6, 6.07) is 22.8. The van der Waals surface area contributed by atoms with E-state index in [1.165, 1.54) is 6.08 Å². The number of carbonyl (C=O) groups is 2. The number of rotatable bonds is 6. The summed E-state index contributed by atoms with van der Waals surface area (Å²) in [7, 11) is 0. The minimum absolute atomic E-state index is 0.116. The van der Waals surface area contributed by atoms with Crippen LogP contribution in [0.2, 0.25) is 0 Å². The summed E-state index contributed by atoms with van der Waals surface area (Å²) in [6.45, 7) is 2.06. The van der Waals surface area contributed by atoms with Crippen LogP contribution < -0.4 is 14.4 Å². The molecule has 3 aromatic rings. The van der Waals surface area contributed by atoms with Gasteiger partial charge >= 0.3 is 5.97 Å². The number of carbonyl (C=O) groups excluding carboxylic acids is 2. The van der Waals surface area contributed by atoms with Crippen LogP contribution in [0.3, 0.4) is 0 Å². The molecule has 0 spiro atoms. The molecule has 2 aliphatic heterocycles. The average molecular weight is 472 g/mol. The molecule has 35 heavy (non-hydrogen) atoms. The molecule has 0 radical (unpaired) electrons. The molecule has 2 heterocycles. The molecule has 3 aromatic carbocycles. The van der Waals surface area contributed by atoms with Gasteiger partial charge in [0.1, 0.15) is 0 Å². The van der Waals surface area contributed by atoms with Crippen molar-refractivity contribution in [1.29, 1.82) is 0 Å². The van der Waals surface area contributed by atoms with Crippen molar-refractivity contribution in [3.8, 4) is 11.5 Å². The summed E-state index contributed by atoms with van der Waals surface area (Å²) in [5.41, 5.74) is -0.132. The maximum atomic E-state index is 14.1. The van der Waals surface area contributed by atoms with Gasteiger partial charge in [0.15, 0.2) is 17.1 Å². The fourth-order valence-electron chi connectivity index (χ4n) is 4.79. The number of hydrogen-bond donors (Lipinski definition) is 1. The van der Waals surface area contributed by atoms with Gasteiger partial charge in [-0.2, -0.15) is 0 Å². The lowest BCUT2D eigenvalue weighted by Crippen LogP contribution is -2.40. The maximum Gasteiger partial charge on any atom is 0.330 e. The summed E-state index contributed by atoms with van der Waals surface area (Å²) in [5, 5.41) is 12.1. The molecule has 0 aliphatic carbocycles. The van der Waals surface area contributed by atoms with E-state index in [9.17, 15) is 14.7 Å². The Bertz CT molecular complexity index is 1260. The molecule has 0 aromatic heterocycles. The van der Waals surface area contributed by atoms with Crippen LogP contribution >= 0.6 is 0 Å². The van der Waals surface area contributed by atoms with Gasteiger partial charge in [0, 0.05) is 17.7 Å². The summed E-state index contributed by atoms with van der Waals surface area (Å²) < 4.78 is 16.1. The first-order chi connectivity index (χ1) is 17.0. The van der Waals surface area contributed by atoms with E-state index < -0.39 is 29.4 Å². The van der Waals surface area contributed by atoms with E-state index in [4.69, 9.17) is 14.2 Å². The lowest BCUT2D eigenvalue weighted by molar-refractivity contribution is -0.138. The molecule has 1 amide bonds. The van der Waals surface area contributed by atoms with Gasteiger partial charge in [-0.15, -0.1) is 0 Å². The molecule has 0 bridgehead atoms. The van der Waals surface area contributed by atoms with Gasteiger partial charge in [0.2, 0.25) is 6.79 Å². The lowest BCUT2D eigenvalue weighted by Gasteiger charge is -2.29. The van der Waals surface area contributed by atoms with Crippen molar-refractivity contribution in [2.45, 2.75) is 18.6 Å². The normalized spacial score (nSPS) is 23.1. The third-order valence-electron chi connectivity index (χ3n) is 6.36. The Morgan fingerprint density at radius 3 is 2.46 bits per heavy atom. The van der Waals surface area contributed by atoms with E-state index >= 15 is 0 Å². The first-order valence-electron chi connectivity index (χ1n) is 11.4. The molecule has 1 fully saturated rings. The van der Waals surface area contributed by atoms with Crippen LogP contribution in [0.25, 0.3) is 0 Å². The van der Waals surface area contributed by atoms with Gasteiger partial charge in [0.25, 0.3) is 5.91 Å². The van der Waals surface area contributed by atoms with E-state index in [2.05, 4.69) is 0 Å². The van der Waals surface area contributed by atoms with Crippen LogP contribution in [0, 0.1) is 5.92 Å². The monoisotopic (exact) mass is 471 g/mol. The van der Waals surface area contributed by atoms with Crippen molar-refractivity contribution >= 4 is 17.6 Å². The summed E-state index contributed by atoms with van der Waals surface area (Å²) in [4.78, 5) is 27.9. The van der Waals surface area contributed by atoms with Crippen LogP contribution in [0.4, 0.5) is 5.69 Å². The first-order valence-corrected chi connectivity index (χ1v) is 11.4. The molecule has 1 N–H and O–H groups in total. The van der Waals surface area contributed by atoms with E-state index in [0.717, 1.165) is 5.56 Å². The third kappa shape index (κ3) is 3.94. The fraction of sp³-hybridized carbons (Fsp3) is 0.214. The molecule has 7 nitrogen and oxygen atoms in total. The number of ether oxygens (including phenoxy) is 3. The molecule has 7 heteroatoms. The van der Waals surface area contributed by atoms with Gasteiger partial charge in [-0.05, 0) is 42.3 Å². The van der Waals surface area contributed by atoms with Crippen LogP contribution in [0.5, 0.6) is 11.5 Å². The van der Waals surface area contributed by atoms with Gasteiger partial charge in [-0.25, -0.2) is 4.79 Å². The van der Waals surface area contributed by atoms with Gasteiger partial charge in [-0.3, -0.25) is 4.79 Å². The van der Waals surface area contributed by atoms with E-state index in [0.29, 0.717) is 22.7 Å². The lowest BCUT2D eigenvalue weighted by atomic mass is 9.78. The zero-order valence-electron chi connectivity index (χ0n) is 19.2. The Morgan fingerprint density at radius 1 is 1.06 bits per heavy atom. The van der Waals surface area contributed by atoms with Crippen molar-refractivity contribution in [3.05, 3.63) is 102 Å². The van der Waals surface area contributed by atoms with Crippen molar-refractivity contribution < 1.29 is 28.9 Å². The zero-order chi connectivity index (χ0) is 24.4. The molecule has 2 aliphatic rings. The van der Waals surface area contributed by atoms with Crippen molar-refractivity contribution in [2.24, 2.45) is 5.92 Å². The van der Waals surface area contributed by atoms with Crippen molar-refractivity contribution in [3.63, 3.8) is 0 Å². The highest BCUT2D eigenvalue weighted by atomic mass is 16.7. The maximum absolute atomic E-state index is 14.1. The smallest absolute Gasteiger partial charge is 0.330 e. The van der Waals surface area contributed by atoms with Crippen LogP contribution in [-0.2, 0) is 19.9 Å². The highest BCUT2D eigenvalue weighted by Gasteiger charge is 2.59. The predicted octanol–water partition coefficient (Wildman–Crippen LogP) is 4.13. The van der Waals surface area contributed by atoms with Crippen LogP contribution in [0.1, 0.15) is 24.1 Å². The number of benzene rings is 3. The van der Waals surface area contributed by atoms with Gasteiger partial charge < -0.3 is 24.2 Å². The largest absolute Gasteiger partial charge is 0.463 e. The molecule has 0 unspecified atom stereocenters. The molecule has 1 saturated heterocycles. The van der Waals surface area contributed by atoms with E-state index in [1.807, 2.05) is 48.5 Å². The Hall–Kier alpha value is -4.10. The second kappa shape index (κ2) is 9.27. The molecule has 178 valence electrons. The predicted molar refractivity (Wildman–Crippen MR) is 129 cm³/mol. The number of amides is 1. The number of esters is 1. The van der Waals surface area contributed by atoms with Crippen LogP contribution in [0.15, 0.2) is 91.0 Å². The number of aliphatic hydroxyl groups is 1. The Kier molecular flexibility index (Phi) is 6.01. The number of para-hydroxylation sites is 1. The highest BCUT2D eigenvalue weighted by molar-refractivity contribution is 6.04. The van der Waals surface area contributed by atoms with Gasteiger partial charge in [-0.1, -0.05) is 60.7 Å². The minimum Gasteiger partial charge on any atom is -0.463 e. The van der Waals surface area contributed by atoms with Gasteiger partial charge in [0.05, 0.1) is 12.6 Å². The SMILES string of the molecule is CCOC(=O)/C=C/[C@@H]1[C@@H](c2ccc3c(c2)OCO3)N(c2ccccc2)C(=O)[C@]1(O)c1ccccc1. The Labute approximate surface area is 203 Å². The first kappa shape index (κ1) is 22.7. The number of hydrogen-bond acceptors (Lipinski definition) is 6. The van der Waals surface area contributed by atoms with E-state index in [1.54, 1.807) is 48.2 Å². The summed E-state index contributed by atoms with van der Waals surface area (Å²) in [5.74, 6) is -0.677. The zero-order valence-corrected chi connectivity index (χ0v) is 19.2. The van der Waals surface area contributed by atoms with Crippen LogP contribution in [-0.4, -0.2) is 30.4 Å². The average Bonchev–Trinajstić information content (AvgIpc) is 3.45. The standard InChI is InChI=1S/C28H25NO6/c1-2-33-25(30)16-14-22-26(19-13-15-23-24(17-19)35-18-34-23)29(21-11-7-4-8-12-21)27(31)28(22,32)20-9-5-3-6-10-20/h3-17,22,26,32H,2,18H2,1H3/b16-14+/t22-,26-,28+/m1/s1. The molecular weight excluding hydrogens is 446 g/mol. The minimum atomic E-state index is -1.93. The Balaban J connectivity index is 1.71. The molecular formula is C28H25NO6. The highest BCUT2D eigenvalue weighted by Crippen LogP contribution is 2.52. The number of anilines is 1.